The van der Waals surface area contributed by atoms with Gasteiger partial charge in [-0.15, -0.1) is 0 Å². The third kappa shape index (κ3) is 3.58. The molecule has 0 unspecified atom stereocenters. The summed E-state index contributed by atoms with van der Waals surface area (Å²) in [6, 6.07) is 18.4. The van der Waals surface area contributed by atoms with Gasteiger partial charge in [-0.1, -0.05) is 29.8 Å². The molecule has 29 heavy (non-hydrogen) atoms. The maximum Gasteiger partial charge on any atom is 0.261 e. The molecule has 0 fully saturated rings. The first kappa shape index (κ1) is 18.7. The summed E-state index contributed by atoms with van der Waals surface area (Å²) in [6.07, 6.45) is 0. The number of hydrogen-bond donors (Lipinski definition) is 1. The van der Waals surface area contributed by atoms with E-state index in [0.29, 0.717) is 22.2 Å². The largest absolute Gasteiger partial charge is 0.455 e. The zero-order valence-corrected chi connectivity index (χ0v) is 16.1. The molecule has 1 aliphatic heterocycles. The Bertz CT molecular complexity index is 1140. The van der Waals surface area contributed by atoms with E-state index in [9.17, 15) is 14.4 Å². The molecule has 7 heteroatoms. The van der Waals surface area contributed by atoms with Crippen LogP contribution in [0.4, 0.5) is 5.69 Å². The van der Waals surface area contributed by atoms with Gasteiger partial charge in [0.2, 0.25) is 0 Å². The Labute approximate surface area is 171 Å². The lowest BCUT2D eigenvalue weighted by Gasteiger charge is -2.13. The van der Waals surface area contributed by atoms with E-state index in [2.05, 4.69) is 5.32 Å². The lowest BCUT2D eigenvalue weighted by molar-refractivity contribution is 0.0693. The summed E-state index contributed by atoms with van der Waals surface area (Å²) in [4.78, 5) is 38.0. The predicted molar refractivity (Wildman–Crippen MR) is 109 cm³/mol. The number of carbonyl (C=O) groups excluding carboxylic acids is 3. The second-order valence-electron chi connectivity index (χ2n) is 6.44. The first-order chi connectivity index (χ1) is 13.9. The zero-order valence-electron chi connectivity index (χ0n) is 15.3. The number of amides is 3. The number of imide groups is 1. The summed E-state index contributed by atoms with van der Waals surface area (Å²) in [5.41, 5.74) is 1.11. The first-order valence-corrected chi connectivity index (χ1v) is 9.12. The van der Waals surface area contributed by atoms with E-state index in [-0.39, 0.29) is 22.6 Å². The molecule has 0 saturated heterocycles. The molecular formula is C22H15ClN2O4. The number of ether oxygens (including phenoxy) is 1. The number of rotatable bonds is 4. The Balaban J connectivity index is 1.62. The molecule has 1 aliphatic rings. The zero-order chi connectivity index (χ0) is 20.5. The molecule has 1 N–H and O–H groups in total. The summed E-state index contributed by atoms with van der Waals surface area (Å²) in [5, 5.41) is 3.19. The number of para-hydroxylation sites is 1. The average molecular weight is 407 g/mol. The van der Waals surface area contributed by atoms with Crippen LogP contribution in [0, 0.1) is 0 Å². The number of halogens is 1. The van der Waals surface area contributed by atoms with Crippen molar-refractivity contribution in [3.05, 3.63) is 88.4 Å². The molecule has 0 spiro atoms. The van der Waals surface area contributed by atoms with Crippen molar-refractivity contribution in [2.75, 3.05) is 12.4 Å². The van der Waals surface area contributed by atoms with Crippen LogP contribution in [0.2, 0.25) is 5.02 Å². The molecule has 1 heterocycles. The Morgan fingerprint density at radius 2 is 1.66 bits per heavy atom. The molecule has 4 rings (SSSR count). The van der Waals surface area contributed by atoms with Gasteiger partial charge in [0.1, 0.15) is 5.75 Å². The second-order valence-corrected chi connectivity index (χ2v) is 6.88. The molecule has 0 saturated carbocycles. The Hall–Kier alpha value is -3.64. The van der Waals surface area contributed by atoms with Gasteiger partial charge in [0.25, 0.3) is 17.7 Å². The van der Waals surface area contributed by atoms with Gasteiger partial charge in [0.15, 0.2) is 5.75 Å². The highest BCUT2D eigenvalue weighted by molar-refractivity contribution is 6.31. The number of fused-ring (bicyclic) bond motifs is 1. The van der Waals surface area contributed by atoms with Crippen LogP contribution in [-0.4, -0.2) is 29.7 Å². The lowest BCUT2D eigenvalue weighted by atomic mass is 10.1. The number of nitrogens with one attached hydrogen (secondary N) is 1. The maximum absolute atomic E-state index is 12.8. The summed E-state index contributed by atoms with van der Waals surface area (Å²) >= 11 is 6.08. The number of carbonyl (C=O) groups is 3. The van der Waals surface area contributed by atoms with Crippen LogP contribution in [0.1, 0.15) is 31.1 Å². The quantitative estimate of drug-likeness (QED) is 0.642. The first-order valence-electron chi connectivity index (χ1n) is 8.74. The van der Waals surface area contributed by atoms with E-state index in [4.69, 9.17) is 16.3 Å². The molecule has 6 nitrogen and oxygen atoms in total. The van der Waals surface area contributed by atoms with Crippen LogP contribution in [0.25, 0.3) is 0 Å². The normalized spacial score (nSPS) is 12.7. The third-order valence-electron chi connectivity index (χ3n) is 4.51. The minimum absolute atomic E-state index is 0.206. The SMILES string of the molecule is CN1C(=O)c2ccc(C(=O)Nc3cc(Cl)ccc3Oc3ccccc3)cc2C1=O. The topological polar surface area (TPSA) is 75.7 Å². The van der Waals surface area contributed by atoms with E-state index in [1.807, 2.05) is 18.2 Å². The van der Waals surface area contributed by atoms with E-state index in [1.165, 1.54) is 25.2 Å². The Kier molecular flexibility index (Phi) is 4.78. The van der Waals surface area contributed by atoms with Crippen molar-refractivity contribution in [3.8, 4) is 11.5 Å². The van der Waals surface area contributed by atoms with E-state index < -0.39 is 11.8 Å². The van der Waals surface area contributed by atoms with Gasteiger partial charge in [0.05, 0.1) is 16.8 Å². The highest BCUT2D eigenvalue weighted by atomic mass is 35.5. The smallest absolute Gasteiger partial charge is 0.261 e. The van der Waals surface area contributed by atoms with Crippen molar-refractivity contribution in [1.82, 2.24) is 4.90 Å². The van der Waals surface area contributed by atoms with Crippen LogP contribution in [0.15, 0.2) is 66.7 Å². The van der Waals surface area contributed by atoms with E-state index >= 15 is 0 Å². The lowest BCUT2D eigenvalue weighted by Crippen LogP contribution is -2.24. The van der Waals surface area contributed by atoms with Crippen LogP contribution in [0.3, 0.4) is 0 Å². The molecule has 0 aromatic heterocycles. The van der Waals surface area contributed by atoms with E-state index in [0.717, 1.165) is 4.90 Å². The number of hydrogen-bond acceptors (Lipinski definition) is 4. The van der Waals surface area contributed by atoms with Crippen molar-refractivity contribution in [3.63, 3.8) is 0 Å². The standard InChI is InChI=1S/C22H15ClN2O4/c1-25-21(27)16-9-7-13(11-17(16)22(25)28)20(26)24-18-12-14(23)8-10-19(18)29-15-5-3-2-4-6-15/h2-12H,1H3,(H,24,26). The van der Waals surface area contributed by atoms with Gasteiger partial charge in [-0.3, -0.25) is 19.3 Å². The highest BCUT2D eigenvalue weighted by Gasteiger charge is 2.33. The molecule has 3 amide bonds. The fourth-order valence-electron chi connectivity index (χ4n) is 3.00. The summed E-state index contributed by atoms with van der Waals surface area (Å²) in [7, 11) is 1.41. The van der Waals surface area contributed by atoms with E-state index in [1.54, 1.807) is 30.3 Å². The van der Waals surface area contributed by atoms with Gasteiger partial charge in [-0.2, -0.15) is 0 Å². The van der Waals surface area contributed by atoms with Crippen molar-refractivity contribution in [2.45, 2.75) is 0 Å². The summed E-state index contributed by atoms with van der Waals surface area (Å²) in [6.45, 7) is 0. The number of anilines is 1. The molecule has 0 radical (unpaired) electrons. The van der Waals surface area contributed by atoms with Crippen molar-refractivity contribution in [1.29, 1.82) is 0 Å². The average Bonchev–Trinajstić information content (AvgIpc) is 2.94. The third-order valence-corrected chi connectivity index (χ3v) is 4.75. The van der Waals surface area contributed by atoms with Crippen LogP contribution in [-0.2, 0) is 0 Å². The van der Waals surface area contributed by atoms with Crippen LogP contribution in [0.5, 0.6) is 11.5 Å². The maximum atomic E-state index is 12.8. The van der Waals surface area contributed by atoms with Crippen molar-refractivity contribution in [2.24, 2.45) is 0 Å². The fraction of sp³-hybridized carbons (Fsp3) is 0.0455. The molecule has 144 valence electrons. The molecule has 3 aromatic rings. The minimum Gasteiger partial charge on any atom is -0.455 e. The van der Waals surface area contributed by atoms with Crippen LogP contribution < -0.4 is 10.1 Å². The molecule has 0 bridgehead atoms. The van der Waals surface area contributed by atoms with Gasteiger partial charge in [-0.05, 0) is 48.5 Å². The Morgan fingerprint density at radius 3 is 2.41 bits per heavy atom. The molecule has 3 aromatic carbocycles. The minimum atomic E-state index is -0.456. The Morgan fingerprint density at radius 1 is 0.931 bits per heavy atom. The predicted octanol–water partition coefficient (Wildman–Crippen LogP) is 4.61. The van der Waals surface area contributed by atoms with Crippen molar-refractivity contribution < 1.29 is 19.1 Å². The summed E-state index contributed by atoms with van der Waals surface area (Å²) in [5.74, 6) is -0.250. The fourth-order valence-corrected chi connectivity index (χ4v) is 3.17. The van der Waals surface area contributed by atoms with Gasteiger partial charge >= 0.3 is 0 Å². The summed E-state index contributed by atoms with van der Waals surface area (Å²) < 4.78 is 5.84. The molecule has 0 atom stereocenters. The highest BCUT2D eigenvalue weighted by Crippen LogP contribution is 2.32. The van der Waals surface area contributed by atoms with Crippen molar-refractivity contribution >= 4 is 35.0 Å². The van der Waals surface area contributed by atoms with Gasteiger partial charge in [0, 0.05) is 17.6 Å². The monoisotopic (exact) mass is 406 g/mol. The van der Waals surface area contributed by atoms with Crippen LogP contribution >= 0.6 is 11.6 Å². The number of benzene rings is 3. The molecular weight excluding hydrogens is 392 g/mol. The second kappa shape index (κ2) is 7.41. The number of nitrogens with zero attached hydrogens (tertiary/aromatic N) is 1. The van der Waals surface area contributed by atoms with Gasteiger partial charge < -0.3 is 10.1 Å². The van der Waals surface area contributed by atoms with Gasteiger partial charge in [-0.25, -0.2) is 0 Å². The molecule has 0 aliphatic carbocycles.